The van der Waals surface area contributed by atoms with E-state index in [0.29, 0.717) is 17.1 Å². The molecule has 3 aromatic heterocycles. The molecular weight excluding hydrogens is 388 g/mol. The molecule has 0 atom stereocenters. The molecular formula is C21H16N4O5. The van der Waals surface area contributed by atoms with Crippen LogP contribution in [0, 0.1) is 18.3 Å². The average Bonchev–Trinajstić information content (AvgIpc) is 3.51. The van der Waals surface area contributed by atoms with Gasteiger partial charge in [0, 0.05) is 18.0 Å². The predicted molar refractivity (Wildman–Crippen MR) is 103 cm³/mol. The van der Waals surface area contributed by atoms with Crippen molar-refractivity contribution in [1.82, 2.24) is 14.7 Å². The molecule has 0 amide bonds. The molecule has 0 fully saturated rings. The van der Waals surface area contributed by atoms with Crippen LogP contribution >= 0.6 is 0 Å². The summed E-state index contributed by atoms with van der Waals surface area (Å²) in [6, 6.07) is 12.7. The number of nitriles is 1. The van der Waals surface area contributed by atoms with E-state index in [0.717, 1.165) is 0 Å². The quantitative estimate of drug-likeness (QED) is 0.447. The highest BCUT2D eigenvalue weighted by atomic mass is 16.6. The van der Waals surface area contributed by atoms with Gasteiger partial charge in [0.05, 0.1) is 7.11 Å². The standard InChI is InChI=1S/C21H16N4O5/c1-13-18(16(11-22)20(29-13)25-8-3-4-9-25)21(26)28-12-17-23-19(24-30-17)14-6-5-7-15(10-14)27-2/h3-10H,12H2,1-2H3. The average molecular weight is 404 g/mol. The SMILES string of the molecule is COc1cccc(-c2noc(COC(=O)c3c(C)oc(-n4cccc4)c3C#N)n2)c1. The van der Waals surface area contributed by atoms with Crippen LogP contribution in [0.15, 0.2) is 57.7 Å². The van der Waals surface area contributed by atoms with Gasteiger partial charge in [0.2, 0.25) is 11.7 Å². The lowest BCUT2D eigenvalue weighted by atomic mass is 10.1. The minimum atomic E-state index is -0.715. The molecule has 3 heterocycles. The van der Waals surface area contributed by atoms with E-state index in [1.807, 2.05) is 6.07 Å². The normalized spacial score (nSPS) is 10.6. The summed E-state index contributed by atoms with van der Waals surface area (Å²) in [6.45, 7) is 1.35. The van der Waals surface area contributed by atoms with Crippen LogP contribution < -0.4 is 4.74 Å². The molecule has 4 rings (SSSR count). The van der Waals surface area contributed by atoms with Gasteiger partial charge in [-0.25, -0.2) is 4.79 Å². The summed E-state index contributed by atoms with van der Waals surface area (Å²) >= 11 is 0. The van der Waals surface area contributed by atoms with Gasteiger partial charge in [0.15, 0.2) is 6.61 Å². The molecule has 0 aliphatic carbocycles. The number of aromatic nitrogens is 3. The van der Waals surface area contributed by atoms with Crippen LogP contribution in [0.5, 0.6) is 5.75 Å². The number of hydrogen-bond acceptors (Lipinski definition) is 8. The third kappa shape index (κ3) is 3.54. The summed E-state index contributed by atoms with van der Waals surface area (Å²) in [5.74, 6) is 0.932. The van der Waals surface area contributed by atoms with E-state index in [2.05, 4.69) is 10.1 Å². The first kappa shape index (κ1) is 19.0. The topological polar surface area (TPSA) is 116 Å². The van der Waals surface area contributed by atoms with Gasteiger partial charge in [-0.3, -0.25) is 4.57 Å². The van der Waals surface area contributed by atoms with Crippen molar-refractivity contribution in [3.8, 4) is 29.1 Å². The fourth-order valence-electron chi connectivity index (χ4n) is 2.92. The Labute approximate surface area is 171 Å². The van der Waals surface area contributed by atoms with E-state index in [1.54, 1.807) is 67.4 Å². The number of furan rings is 1. The first-order chi connectivity index (χ1) is 14.6. The highest BCUT2D eigenvalue weighted by Crippen LogP contribution is 2.26. The molecule has 0 radical (unpaired) electrons. The Balaban J connectivity index is 1.51. The first-order valence-electron chi connectivity index (χ1n) is 8.91. The minimum absolute atomic E-state index is 0.0636. The number of carbonyl (C=O) groups is 1. The van der Waals surface area contributed by atoms with Crippen molar-refractivity contribution < 1.29 is 23.2 Å². The molecule has 0 N–H and O–H groups in total. The van der Waals surface area contributed by atoms with Gasteiger partial charge in [-0.05, 0) is 31.2 Å². The molecule has 0 unspecified atom stereocenters. The number of aryl methyl sites for hydroxylation is 1. The molecule has 0 spiro atoms. The van der Waals surface area contributed by atoms with Gasteiger partial charge >= 0.3 is 5.97 Å². The van der Waals surface area contributed by atoms with Gasteiger partial charge in [0.1, 0.15) is 28.7 Å². The van der Waals surface area contributed by atoms with E-state index in [1.165, 1.54) is 0 Å². The van der Waals surface area contributed by atoms with Crippen molar-refractivity contribution in [1.29, 1.82) is 5.26 Å². The number of methoxy groups -OCH3 is 1. The van der Waals surface area contributed by atoms with E-state index >= 15 is 0 Å². The zero-order valence-corrected chi connectivity index (χ0v) is 16.2. The first-order valence-corrected chi connectivity index (χ1v) is 8.91. The van der Waals surface area contributed by atoms with Crippen molar-refractivity contribution in [3.05, 3.63) is 71.6 Å². The number of carbonyl (C=O) groups excluding carboxylic acids is 1. The summed E-state index contributed by atoms with van der Waals surface area (Å²) in [5, 5.41) is 13.4. The van der Waals surface area contributed by atoms with Crippen molar-refractivity contribution in [3.63, 3.8) is 0 Å². The summed E-state index contributed by atoms with van der Waals surface area (Å²) in [5.41, 5.74) is 0.856. The molecule has 9 nitrogen and oxygen atoms in total. The Morgan fingerprint density at radius 2 is 2.07 bits per heavy atom. The number of nitrogens with zero attached hydrogens (tertiary/aromatic N) is 4. The maximum atomic E-state index is 12.6. The van der Waals surface area contributed by atoms with Gasteiger partial charge < -0.3 is 18.4 Å². The Kier molecular flexibility index (Phi) is 5.05. The van der Waals surface area contributed by atoms with Gasteiger partial charge in [0.25, 0.3) is 5.89 Å². The number of esters is 1. The molecule has 4 aromatic rings. The van der Waals surface area contributed by atoms with Crippen molar-refractivity contribution in [2.45, 2.75) is 13.5 Å². The Morgan fingerprint density at radius 1 is 1.27 bits per heavy atom. The van der Waals surface area contributed by atoms with Gasteiger partial charge in [-0.1, -0.05) is 17.3 Å². The fourth-order valence-corrected chi connectivity index (χ4v) is 2.92. The number of benzene rings is 1. The van der Waals surface area contributed by atoms with Crippen LogP contribution in [0.4, 0.5) is 0 Å². The number of ether oxygens (including phenoxy) is 2. The Morgan fingerprint density at radius 3 is 2.80 bits per heavy atom. The van der Waals surface area contributed by atoms with Crippen LogP contribution in [-0.2, 0) is 11.3 Å². The minimum Gasteiger partial charge on any atom is -0.497 e. The van der Waals surface area contributed by atoms with Crippen LogP contribution in [0.1, 0.15) is 27.6 Å². The summed E-state index contributed by atoms with van der Waals surface area (Å²) < 4.78 is 22.8. The number of rotatable bonds is 6. The van der Waals surface area contributed by atoms with Crippen LogP contribution in [0.25, 0.3) is 17.3 Å². The van der Waals surface area contributed by atoms with Crippen molar-refractivity contribution >= 4 is 5.97 Å². The number of hydrogen-bond donors (Lipinski definition) is 0. The Hall–Kier alpha value is -4.32. The maximum Gasteiger partial charge on any atom is 0.343 e. The zero-order chi connectivity index (χ0) is 21.1. The smallest absolute Gasteiger partial charge is 0.343 e. The van der Waals surface area contributed by atoms with E-state index < -0.39 is 5.97 Å². The van der Waals surface area contributed by atoms with Gasteiger partial charge in [-0.2, -0.15) is 10.2 Å². The van der Waals surface area contributed by atoms with E-state index in [9.17, 15) is 10.1 Å². The predicted octanol–water partition coefficient (Wildman–Crippen LogP) is 3.67. The summed E-state index contributed by atoms with van der Waals surface area (Å²) in [4.78, 5) is 16.8. The second kappa shape index (κ2) is 7.97. The fraction of sp³-hybridized carbons (Fsp3) is 0.143. The van der Waals surface area contributed by atoms with Crippen molar-refractivity contribution in [2.75, 3.05) is 7.11 Å². The molecule has 0 saturated heterocycles. The summed E-state index contributed by atoms with van der Waals surface area (Å²) in [7, 11) is 1.56. The third-order valence-electron chi connectivity index (χ3n) is 4.34. The van der Waals surface area contributed by atoms with Crippen LogP contribution in [0.2, 0.25) is 0 Å². The van der Waals surface area contributed by atoms with Crippen molar-refractivity contribution in [2.24, 2.45) is 0 Å². The molecule has 150 valence electrons. The molecule has 1 aromatic carbocycles. The molecule has 0 saturated carbocycles. The van der Waals surface area contributed by atoms with E-state index in [-0.39, 0.29) is 35.3 Å². The largest absolute Gasteiger partial charge is 0.497 e. The molecule has 0 bridgehead atoms. The van der Waals surface area contributed by atoms with E-state index in [4.69, 9.17) is 18.4 Å². The zero-order valence-electron chi connectivity index (χ0n) is 16.2. The van der Waals surface area contributed by atoms with Gasteiger partial charge in [-0.15, -0.1) is 0 Å². The van der Waals surface area contributed by atoms with Crippen LogP contribution in [0.3, 0.4) is 0 Å². The second-order valence-corrected chi connectivity index (χ2v) is 6.24. The lowest BCUT2D eigenvalue weighted by Crippen LogP contribution is -2.08. The molecule has 9 heteroatoms. The monoisotopic (exact) mass is 404 g/mol. The lowest BCUT2D eigenvalue weighted by Gasteiger charge is -2.01. The highest BCUT2D eigenvalue weighted by Gasteiger charge is 2.26. The highest BCUT2D eigenvalue weighted by molar-refractivity contribution is 5.94. The molecule has 0 aliphatic rings. The third-order valence-corrected chi connectivity index (χ3v) is 4.34. The van der Waals surface area contributed by atoms with Crippen LogP contribution in [-0.4, -0.2) is 27.8 Å². The lowest BCUT2D eigenvalue weighted by molar-refractivity contribution is 0.0427. The molecule has 0 aliphatic heterocycles. The Bertz CT molecular complexity index is 1230. The molecule has 30 heavy (non-hydrogen) atoms. The summed E-state index contributed by atoms with van der Waals surface area (Å²) in [6.07, 6.45) is 3.43. The maximum absolute atomic E-state index is 12.6. The second-order valence-electron chi connectivity index (χ2n) is 6.24.